The average Bonchev–Trinajstić information content (AvgIpc) is 2.67. The van der Waals surface area contributed by atoms with Crippen LogP contribution in [0, 0.1) is 0 Å². The number of methoxy groups -OCH3 is 2. The fourth-order valence-corrected chi connectivity index (χ4v) is 7.73. The predicted octanol–water partition coefficient (Wildman–Crippen LogP) is 3.49. The van der Waals surface area contributed by atoms with Gasteiger partial charge in [-0.15, -0.1) is 0 Å². The molecular weight excluding hydrogens is 1150 g/mol. The molecule has 26 heteroatoms. The van der Waals surface area contributed by atoms with Gasteiger partial charge in [0.25, 0.3) is 5.76 Å². The van der Waals surface area contributed by atoms with E-state index in [0.29, 0.717) is 0 Å². The minimum atomic E-state index is -1.69. The molecule has 8 rings (SSSR count). The lowest BCUT2D eigenvalue weighted by atomic mass is 10.2. The van der Waals surface area contributed by atoms with Crippen molar-refractivity contribution in [3.05, 3.63) is 256 Å². The molecule has 4 aromatic carbocycles. The summed E-state index contributed by atoms with van der Waals surface area (Å²) in [6, 6.07) is 41.2. The lowest BCUT2D eigenvalue weighted by Gasteiger charge is -2.17. The van der Waals surface area contributed by atoms with Crippen LogP contribution in [-0.4, -0.2) is 124 Å². The molecule has 8 aromatic rings. The molecule has 4 aromatic heterocycles. The summed E-state index contributed by atoms with van der Waals surface area (Å²) in [7, 11) is 2.36. The minimum absolute atomic E-state index is 0.0446. The van der Waals surface area contributed by atoms with Gasteiger partial charge in [-0.25, -0.2) is 19.2 Å². The fraction of sp³-hybridized carbons (Fsp3) is 0.226. The highest BCUT2D eigenvalue weighted by molar-refractivity contribution is 5.91. The highest BCUT2D eigenvalue weighted by Gasteiger charge is 2.25. The van der Waals surface area contributed by atoms with Gasteiger partial charge < -0.3 is 87.4 Å². The van der Waals surface area contributed by atoms with Gasteiger partial charge in [-0.3, -0.25) is 19.2 Å². The number of carbonyl (C=O) groups is 4. The number of benzene rings is 4. The number of aliphatic hydroxyl groups is 6. The number of rotatable bonds is 24. The molecule has 2 atom stereocenters. The van der Waals surface area contributed by atoms with Crippen LogP contribution in [0.3, 0.4) is 0 Å². The summed E-state index contributed by atoms with van der Waals surface area (Å²) in [5.74, 6) is -5.66. The summed E-state index contributed by atoms with van der Waals surface area (Å²) in [5.41, 5.74) is 0.595. The lowest BCUT2D eigenvalue weighted by Crippen LogP contribution is -2.27. The molecule has 0 spiro atoms. The number of hydrogen-bond donors (Lipinski definition) is 8. The van der Waals surface area contributed by atoms with Crippen LogP contribution in [0.4, 0.5) is 0 Å². The summed E-state index contributed by atoms with van der Waals surface area (Å²) in [6.45, 7) is -1.20. The standard InChI is InChI=1S/C17H19NO6.2C16H17NO6.C13H10O5/c1-23-17(22)15-16(24-11-12-5-3-2-4-6-12)14(21)7-8-18(15)9-13(20)10-19;1-22-16(21)14-15(23-10-11-5-3-2-4-6-11)12(18)7-8-17(14)9-13(19)20;18-9-12(19)8-17-7-6-13(20)15(14(17)16(21)22)23-10-11-4-2-1-3-5-11;14-10-6-7-17-12(13(15)16)11(10)18-8-9-4-2-1-3-5-9/h2-8,13,19-20H,9-11H2,1H3;2-8,13,19-20H,9-10H2,1H3;1-7,12,18-19H,8-10H2,(H,21,22);1-7H,8H2,(H,15,16). The number of aliphatic hydroxyl groups excluding tert-OH is 5. The number of carboxylic acids is 2. The van der Waals surface area contributed by atoms with Crippen molar-refractivity contribution >= 4 is 23.9 Å². The lowest BCUT2D eigenvalue weighted by molar-refractivity contribution is -0.0519. The van der Waals surface area contributed by atoms with Gasteiger partial charge in [0.05, 0.1) is 65.5 Å². The Balaban J connectivity index is 0.000000215. The minimum Gasteiger partial charge on any atom is -0.482 e. The maximum absolute atomic E-state index is 12.1. The third-order valence-corrected chi connectivity index (χ3v) is 11.9. The molecule has 0 saturated heterocycles. The second-order valence-corrected chi connectivity index (χ2v) is 18.3. The summed E-state index contributed by atoms with van der Waals surface area (Å²) >= 11 is 0. The van der Waals surface area contributed by atoms with Gasteiger partial charge in [0.15, 0.2) is 40.6 Å². The Bertz CT molecular complexity index is 3780. The van der Waals surface area contributed by atoms with Gasteiger partial charge in [0.2, 0.25) is 27.5 Å². The van der Waals surface area contributed by atoms with Gasteiger partial charge in [-0.2, -0.15) is 0 Å². The molecule has 0 fully saturated rings. The van der Waals surface area contributed by atoms with Gasteiger partial charge in [-0.05, 0) is 22.3 Å². The Morgan fingerprint density at radius 3 is 1.03 bits per heavy atom. The molecular formula is C62H63N3O23. The van der Waals surface area contributed by atoms with Gasteiger partial charge in [0, 0.05) is 42.9 Å². The zero-order valence-corrected chi connectivity index (χ0v) is 47.3. The number of hydrogen-bond acceptors (Lipinski definition) is 21. The zero-order chi connectivity index (χ0) is 64.1. The van der Waals surface area contributed by atoms with E-state index >= 15 is 0 Å². The zero-order valence-electron chi connectivity index (χ0n) is 47.3. The van der Waals surface area contributed by atoms with Crippen molar-refractivity contribution in [2.45, 2.75) is 64.6 Å². The van der Waals surface area contributed by atoms with E-state index in [1.807, 2.05) is 97.1 Å². The van der Waals surface area contributed by atoms with Crippen LogP contribution in [0.5, 0.6) is 23.0 Å². The Labute approximate surface area is 500 Å². The monoisotopic (exact) mass is 1220 g/mol. The second kappa shape index (κ2) is 35.1. The van der Waals surface area contributed by atoms with Crippen LogP contribution in [-0.2, 0) is 55.5 Å². The van der Waals surface area contributed by atoms with Crippen molar-refractivity contribution in [2.24, 2.45) is 0 Å². The molecule has 0 aliphatic heterocycles. The van der Waals surface area contributed by atoms with Crippen molar-refractivity contribution in [2.75, 3.05) is 27.4 Å². The largest absolute Gasteiger partial charge is 0.482 e. The van der Waals surface area contributed by atoms with Crippen molar-refractivity contribution in [1.29, 1.82) is 0 Å². The topological polar surface area (TPSA) is 382 Å². The van der Waals surface area contributed by atoms with Crippen molar-refractivity contribution in [3.63, 3.8) is 0 Å². The Morgan fingerprint density at radius 2 is 0.727 bits per heavy atom. The molecule has 0 bridgehead atoms. The second-order valence-electron chi connectivity index (χ2n) is 18.3. The number of pyridine rings is 3. The van der Waals surface area contributed by atoms with Crippen LogP contribution >= 0.6 is 0 Å². The van der Waals surface area contributed by atoms with E-state index in [4.69, 9.17) is 53.6 Å². The van der Waals surface area contributed by atoms with E-state index < -0.39 is 83.1 Å². The third-order valence-electron chi connectivity index (χ3n) is 11.9. The molecule has 4 heterocycles. The Hall–Kier alpha value is -10.5. The van der Waals surface area contributed by atoms with E-state index in [1.54, 1.807) is 24.3 Å². The molecule has 0 amide bonds. The van der Waals surface area contributed by atoms with Gasteiger partial charge in [-0.1, -0.05) is 121 Å². The summed E-state index contributed by atoms with van der Waals surface area (Å²) < 4.78 is 39.5. The summed E-state index contributed by atoms with van der Waals surface area (Å²) in [6.07, 6.45) is 0.992. The number of carboxylic acid groups (broad SMARTS) is 2. The number of nitrogens with zero attached hydrogens (tertiary/aromatic N) is 3. The SMILES string of the molecule is COC(=O)c1c(OCc2ccccc2)c(=O)ccn1CC(O)CO.COC(=O)c1c(OCc2ccccc2)c(=O)ccn1CC(O)O.O=C(O)c1c(OCc2ccccc2)c(=O)ccn1CC(O)CO.O=C(O)c1occc(=O)c1OCc1ccccc1. The van der Waals surface area contributed by atoms with E-state index in [-0.39, 0.29) is 86.1 Å². The molecule has 88 heavy (non-hydrogen) atoms. The first-order valence-electron chi connectivity index (χ1n) is 26.4. The van der Waals surface area contributed by atoms with Gasteiger partial charge in [0.1, 0.15) is 26.4 Å². The molecule has 0 saturated carbocycles. The van der Waals surface area contributed by atoms with Crippen LogP contribution in [0.15, 0.2) is 194 Å². The molecule has 8 N–H and O–H groups in total. The summed E-state index contributed by atoms with van der Waals surface area (Å²) in [4.78, 5) is 94.1. The van der Waals surface area contributed by atoms with Gasteiger partial charge >= 0.3 is 23.9 Å². The Kier molecular flexibility index (Phi) is 27.2. The van der Waals surface area contributed by atoms with Crippen molar-refractivity contribution < 1.29 is 92.9 Å². The molecule has 0 aliphatic carbocycles. The van der Waals surface area contributed by atoms with E-state index in [0.717, 1.165) is 40.6 Å². The predicted molar refractivity (Wildman–Crippen MR) is 311 cm³/mol. The van der Waals surface area contributed by atoms with Crippen LogP contribution < -0.4 is 40.7 Å². The fourth-order valence-electron chi connectivity index (χ4n) is 7.73. The average molecular weight is 1220 g/mol. The number of aromatic nitrogens is 3. The molecule has 26 nitrogen and oxygen atoms in total. The molecule has 464 valence electrons. The molecule has 2 unspecified atom stereocenters. The number of esters is 2. The number of aromatic carboxylic acids is 2. The van der Waals surface area contributed by atoms with Crippen molar-refractivity contribution in [1.82, 2.24) is 13.7 Å². The highest BCUT2D eigenvalue weighted by atomic mass is 16.5. The maximum atomic E-state index is 12.1. The van der Waals surface area contributed by atoms with Crippen LogP contribution in [0.1, 0.15) is 64.3 Å². The number of ether oxygens (including phenoxy) is 6. The van der Waals surface area contributed by atoms with Crippen LogP contribution in [0.25, 0.3) is 0 Å². The highest BCUT2D eigenvalue weighted by Crippen LogP contribution is 2.21. The smallest absolute Gasteiger partial charge is 0.375 e. The molecule has 0 radical (unpaired) electrons. The third kappa shape index (κ3) is 20.6. The van der Waals surface area contributed by atoms with Crippen molar-refractivity contribution in [3.8, 4) is 23.0 Å². The first-order valence-corrected chi connectivity index (χ1v) is 26.4. The quantitative estimate of drug-likeness (QED) is 0.0317. The first-order chi connectivity index (χ1) is 42.3. The van der Waals surface area contributed by atoms with E-state index in [2.05, 4.69) is 4.74 Å². The maximum Gasteiger partial charge on any atom is 0.375 e. The summed E-state index contributed by atoms with van der Waals surface area (Å²) in [5, 5.41) is 73.5. The number of carbonyl (C=O) groups excluding carboxylic acids is 2. The normalized spacial score (nSPS) is 11.1. The van der Waals surface area contributed by atoms with E-state index in [9.17, 15) is 53.7 Å². The van der Waals surface area contributed by atoms with Crippen LogP contribution in [0.2, 0.25) is 0 Å². The Morgan fingerprint density at radius 1 is 0.420 bits per heavy atom. The van der Waals surface area contributed by atoms with E-state index in [1.165, 1.54) is 58.6 Å². The first kappa shape index (κ1) is 68.3. The molecule has 0 aliphatic rings.